The number of hydrogen-bond acceptors (Lipinski definition) is 4. The van der Waals surface area contributed by atoms with Crippen LogP contribution in [-0.2, 0) is 14.8 Å². The van der Waals surface area contributed by atoms with Gasteiger partial charge in [0.15, 0.2) is 5.78 Å². The van der Waals surface area contributed by atoms with Crippen LogP contribution in [-0.4, -0.2) is 38.0 Å². The molecular weight excluding hydrogens is 451 g/mol. The lowest BCUT2D eigenvalue weighted by Crippen LogP contribution is -2.28. The Hall–Kier alpha value is -2.10. The van der Waals surface area contributed by atoms with Crippen LogP contribution in [0.4, 0.5) is 10.1 Å². The molecule has 0 aliphatic heterocycles. The molecule has 0 fully saturated rings. The second-order valence-corrected chi connectivity index (χ2v) is 9.08. The standard InChI is InChI=1S/C19H20BrFN2O4S/c1-13(24)14-5-8-16(9-6-14)28(26,27)23(2)11-3-4-19(25)22-18-10-7-15(21)12-17(18)20/h5-10,12H,3-4,11H2,1-2H3,(H,22,25). The summed E-state index contributed by atoms with van der Waals surface area (Å²) < 4.78 is 39.8. The summed E-state index contributed by atoms with van der Waals surface area (Å²) in [4.78, 5) is 23.4. The Balaban J connectivity index is 1.90. The molecule has 0 aliphatic rings. The first-order chi connectivity index (χ1) is 13.1. The molecule has 0 aliphatic carbocycles. The number of sulfonamides is 1. The van der Waals surface area contributed by atoms with Gasteiger partial charge in [0.2, 0.25) is 15.9 Å². The van der Waals surface area contributed by atoms with Crippen LogP contribution in [0.25, 0.3) is 0 Å². The third-order valence-corrected chi connectivity index (χ3v) is 6.58. The van der Waals surface area contributed by atoms with Crippen molar-refractivity contribution in [3.63, 3.8) is 0 Å². The number of hydrogen-bond donors (Lipinski definition) is 1. The van der Waals surface area contributed by atoms with Gasteiger partial charge in [0.05, 0.1) is 10.6 Å². The second-order valence-electron chi connectivity index (χ2n) is 6.18. The van der Waals surface area contributed by atoms with Crippen molar-refractivity contribution in [3.8, 4) is 0 Å². The fourth-order valence-corrected chi connectivity index (χ4v) is 4.09. The molecule has 0 atom stereocenters. The van der Waals surface area contributed by atoms with Crippen molar-refractivity contribution in [2.75, 3.05) is 18.9 Å². The zero-order valence-electron chi connectivity index (χ0n) is 15.4. The van der Waals surface area contributed by atoms with Gasteiger partial charge in [-0.25, -0.2) is 17.1 Å². The van der Waals surface area contributed by atoms with E-state index in [1.54, 1.807) is 0 Å². The van der Waals surface area contributed by atoms with E-state index in [0.717, 1.165) is 4.31 Å². The van der Waals surface area contributed by atoms with E-state index in [0.29, 0.717) is 22.1 Å². The normalized spacial score (nSPS) is 11.5. The molecule has 2 aromatic carbocycles. The molecule has 0 bridgehead atoms. The fraction of sp³-hybridized carbons (Fsp3) is 0.263. The van der Waals surface area contributed by atoms with Crippen molar-refractivity contribution in [1.82, 2.24) is 4.31 Å². The molecule has 2 aromatic rings. The molecule has 0 radical (unpaired) electrons. The van der Waals surface area contributed by atoms with Crippen molar-refractivity contribution in [2.45, 2.75) is 24.7 Å². The van der Waals surface area contributed by atoms with Crippen LogP contribution >= 0.6 is 15.9 Å². The number of nitrogens with one attached hydrogen (secondary N) is 1. The Bertz CT molecular complexity index is 978. The SMILES string of the molecule is CC(=O)c1ccc(S(=O)(=O)N(C)CCCC(=O)Nc2ccc(F)cc2Br)cc1. The molecule has 1 amide bonds. The molecule has 0 aromatic heterocycles. The number of anilines is 1. The first kappa shape index (κ1) is 22.2. The van der Waals surface area contributed by atoms with Crippen molar-refractivity contribution in [2.24, 2.45) is 0 Å². The maximum Gasteiger partial charge on any atom is 0.242 e. The van der Waals surface area contributed by atoms with E-state index in [1.165, 1.54) is 56.4 Å². The zero-order valence-corrected chi connectivity index (χ0v) is 17.8. The highest BCUT2D eigenvalue weighted by atomic mass is 79.9. The molecule has 2 rings (SSSR count). The Morgan fingerprint density at radius 2 is 1.79 bits per heavy atom. The molecule has 150 valence electrons. The van der Waals surface area contributed by atoms with Gasteiger partial charge in [-0.1, -0.05) is 12.1 Å². The molecule has 28 heavy (non-hydrogen) atoms. The van der Waals surface area contributed by atoms with Gasteiger partial charge in [0.25, 0.3) is 0 Å². The highest BCUT2D eigenvalue weighted by molar-refractivity contribution is 9.10. The molecule has 0 heterocycles. The summed E-state index contributed by atoms with van der Waals surface area (Å²) in [5.41, 5.74) is 0.878. The van der Waals surface area contributed by atoms with E-state index in [9.17, 15) is 22.4 Å². The molecule has 0 unspecified atom stereocenters. The third kappa shape index (κ3) is 5.70. The van der Waals surface area contributed by atoms with Crippen LogP contribution in [0.1, 0.15) is 30.1 Å². The lowest BCUT2D eigenvalue weighted by Gasteiger charge is -2.17. The minimum atomic E-state index is -3.71. The number of halogens is 2. The largest absolute Gasteiger partial charge is 0.325 e. The number of ketones is 1. The van der Waals surface area contributed by atoms with Crippen LogP contribution in [0.15, 0.2) is 51.8 Å². The van der Waals surface area contributed by atoms with Gasteiger partial charge in [0.1, 0.15) is 5.82 Å². The predicted octanol–water partition coefficient (Wildman–Crippen LogP) is 3.83. The van der Waals surface area contributed by atoms with Gasteiger partial charge in [-0.2, -0.15) is 0 Å². The maximum absolute atomic E-state index is 13.1. The minimum absolute atomic E-state index is 0.0831. The van der Waals surface area contributed by atoms with E-state index < -0.39 is 15.8 Å². The summed E-state index contributed by atoms with van der Waals surface area (Å²) in [6.45, 7) is 1.56. The van der Waals surface area contributed by atoms with Crippen LogP contribution in [0.3, 0.4) is 0 Å². The monoisotopic (exact) mass is 470 g/mol. The first-order valence-electron chi connectivity index (χ1n) is 8.43. The fourth-order valence-electron chi connectivity index (χ4n) is 2.43. The molecule has 0 spiro atoms. The van der Waals surface area contributed by atoms with Crippen LogP contribution in [0, 0.1) is 5.82 Å². The highest BCUT2D eigenvalue weighted by Crippen LogP contribution is 2.23. The second kappa shape index (κ2) is 9.40. The number of carbonyl (C=O) groups excluding carboxylic acids is 2. The van der Waals surface area contributed by atoms with E-state index in [1.807, 2.05) is 0 Å². The van der Waals surface area contributed by atoms with Gasteiger partial charge in [-0.15, -0.1) is 0 Å². The summed E-state index contributed by atoms with van der Waals surface area (Å²) in [5.74, 6) is -0.868. The number of Topliss-reactive ketones (excluding diaryl/α,β-unsaturated/α-hetero) is 1. The number of amides is 1. The first-order valence-corrected chi connectivity index (χ1v) is 10.7. The van der Waals surface area contributed by atoms with Crippen LogP contribution < -0.4 is 5.32 Å². The Morgan fingerprint density at radius 1 is 1.14 bits per heavy atom. The molecule has 1 N–H and O–H groups in total. The summed E-state index contributed by atoms with van der Waals surface area (Å²) in [7, 11) is -2.28. The molecule has 6 nitrogen and oxygen atoms in total. The maximum atomic E-state index is 13.1. The third-order valence-electron chi connectivity index (χ3n) is 4.05. The van der Waals surface area contributed by atoms with Gasteiger partial charge >= 0.3 is 0 Å². The Labute approximate surface area is 171 Å². The average molecular weight is 471 g/mol. The van der Waals surface area contributed by atoms with Crippen molar-refractivity contribution in [1.29, 1.82) is 0 Å². The van der Waals surface area contributed by atoms with E-state index in [2.05, 4.69) is 21.2 Å². The molecular formula is C19H20BrFN2O4S. The number of carbonyl (C=O) groups is 2. The number of rotatable bonds is 8. The van der Waals surface area contributed by atoms with E-state index in [4.69, 9.17) is 0 Å². The lowest BCUT2D eigenvalue weighted by atomic mass is 10.2. The van der Waals surface area contributed by atoms with Gasteiger partial charge in [0, 0.05) is 30.0 Å². The van der Waals surface area contributed by atoms with Gasteiger partial charge in [-0.3, -0.25) is 9.59 Å². The van der Waals surface area contributed by atoms with Crippen molar-refractivity contribution < 1.29 is 22.4 Å². The zero-order chi connectivity index (χ0) is 20.9. The topological polar surface area (TPSA) is 83.6 Å². The summed E-state index contributed by atoms with van der Waals surface area (Å²) in [6, 6.07) is 9.64. The average Bonchev–Trinajstić information content (AvgIpc) is 2.64. The quantitative estimate of drug-likeness (QED) is 0.594. The lowest BCUT2D eigenvalue weighted by molar-refractivity contribution is -0.116. The highest BCUT2D eigenvalue weighted by Gasteiger charge is 2.21. The summed E-state index contributed by atoms with van der Waals surface area (Å²) in [6.07, 6.45) is 0.416. The summed E-state index contributed by atoms with van der Waals surface area (Å²) >= 11 is 3.17. The molecule has 0 saturated carbocycles. The van der Waals surface area contributed by atoms with Gasteiger partial charge < -0.3 is 5.32 Å². The molecule has 0 saturated heterocycles. The number of nitrogens with zero attached hydrogens (tertiary/aromatic N) is 1. The van der Waals surface area contributed by atoms with Crippen LogP contribution in [0.2, 0.25) is 0 Å². The number of benzene rings is 2. The van der Waals surface area contributed by atoms with Gasteiger partial charge in [-0.05, 0) is 59.6 Å². The predicted molar refractivity (Wildman–Crippen MR) is 108 cm³/mol. The van der Waals surface area contributed by atoms with E-state index >= 15 is 0 Å². The summed E-state index contributed by atoms with van der Waals surface area (Å²) in [5, 5.41) is 2.65. The van der Waals surface area contributed by atoms with Crippen molar-refractivity contribution in [3.05, 3.63) is 58.3 Å². The van der Waals surface area contributed by atoms with Crippen molar-refractivity contribution >= 4 is 43.3 Å². The molecule has 9 heteroatoms. The smallest absolute Gasteiger partial charge is 0.242 e. The van der Waals surface area contributed by atoms with Crippen LogP contribution in [0.5, 0.6) is 0 Å². The van der Waals surface area contributed by atoms with E-state index in [-0.39, 0.29) is 29.6 Å². The Kier molecular flexibility index (Phi) is 7.45. The minimum Gasteiger partial charge on any atom is -0.325 e. The Morgan fingerprint density at radius 3 is 2.36 bits per heavy atom.